The predicted octanol–water partition coefficient (Wildman–Crippen LogP) is 6.31. The second-order valence-electron chi connectivity index (χ2n) is 7.25. The van der Waals surface area contributed by atoms with Crippen LogP contribution in [0.5, 0.6) is 5.75 Å². The molecule has 0 unspecified atom stereocenters. The van der Waals surface area contributed by atoms with Crippen LogP contribution < -0.4 is 9.75 Å². The fraction of sp³-hybridized carbons (Fsp3) is 0.120. The van der Waals surface area contributed by atoms with Crippen LogP contribution in [0.1, 0.15) is 23.6 Å². The summed E-state index contributed by atoms with van der Waals surface area (Å²) in [6, 6.07) is 25.5. The molecule has 0 amide bonds. The van der Waals surface area contributed by atoms with Crippen molar-refractivity contribution in [2.75, 3.05) is 12.1 Å². The topological polar surface area (TPSA) is 37.7 Å². The number of halogens is 1. The second kappa shape index (κ2) is 8.32. The van der Waals surface area contributed by atoms with Gasteiger partial charge in [0.25, 0.3) is 0 Å². The molecule has 154 valence electrons. The number of rotatable bonds is 5. The Bertz CT molecular complexity index is 1220. The summed E-state index contributed by atoms with van der Waals surface area (Å²) in [7, 11) is 1.46. The number of hydrogen-bond acceptors (Lipinski definition) is 5. The van der Waals surface area contributed by atoms with Crippen molar-refractivity contribution in [3.63, 3.8) is 0 Å². The number of hydrogen-bond donors (Lipinski definition) is 0. The first-order chi connectivity index (χ1) is 15.2. The van der Waals surface area contributed by atoms with Crippen LogP contribution >= 0.6 is 11.3 Å². The van der Waals surface area contributed by atoms with Crippen LogP contribution in [0, 0.1) is 5.82 Å². The number of thiazole rings is 1. The monoisotopic (exact) mass is 429 g/mol. The van der Waals surface area contributed by atoms with Crippen LogP contribution in [0.2, 0.25) is 0 Å². The zero-order valence-corrected chi connectivity index (χ0v) is 17.7. The van der Waals surface area contributed by atoms with Crippen molar-refractivity contribution in [3.8, 4) is 17.0 Å². The van der Waals surface area contributed by atoms with Crippen LogP contribution in [0.15, 0.2) is 89.3 Å². The zero-order chi connectivity index (χ0) is 21.2. The van der Waals surface area contributed by atoms with E-state index in [1.165, 1.54) is 30.1 Å². The zero-order valence-electron chi connectivity index (χ0n) is 16.9. The lowest BCUT2D eigenvalue weighted by Gasteiger charge is -2.21. The van der Waals surface area contributed by atoms with Gasteiger partial charge in [0, 0.05) is 17.4 Å². The number of ether oxygens (including phenoxy) is 1. The molecule has 0 radical (unpaired) electrons. The van der Waals surface area contributed by atoms with Gasteiger partial charge in [-0.05, 0) is 29.3 Å². The summed E-state index contributed by atoms with van der Waals surface area (Å²) in [5.41, 5.74) is 4.76. The molecule has 0 saturated heterocycles. The quantitative estimate of drug-likeness (QED) is 0.373. The first kappa shape index (κ1) is 19.5. The van der Waals surface area contributed by atoms with Crippen molar-refractivity contribution in [1.82, 2.24) is 4.98 Å². The Kier molecular flexibility index (Phi) is 5.22. The van der Waals surface area contributed by atoms with E-state index in [0.29, 0.717) is 5.56 Å². The largest absolute Gasteiger partial charge is 0.494 e. The number of aromatic nitrogens is 1. The number of anilines is 1. The van der Waals surface area contributed by atoms with Crippen molar-refractivity contribution in [2.45, 2.75) is 12.5 Å². The van der Waals surface area contributed by atoms with Crippen LogP contribution in [0.4, 0.5) is 9.52 Å². The van der Waals surface area contributed by atoms with E-state index in [-0.39, 0.29) is 11.8 Å². The molecular weight excluding hydrogens is 409 g/mol. The molecule has 4 nitrogen and oxygen atoms in total. The molecule has 0 N–H and O–H groups in total. The molecule has 6 heteroatoms. The first-order valence-electron chi connectivity index (χ1n) is 9.99. The summed E-state index contributed by atoms with van der Waals surface area (Å²) in [5.74, 6) is -0.178. The number of hydrazone groups is 1. The molecular formula is C25H20FN3OS. The Morgan fingerprint density at radius 3 is 2.42 bits per heavy atom. The summed E-state index contributed by atoms with van der Waals surface area (Å²) >= 11 is 1.51. The van der Waals surface area contributed by atoms with Gasteiger partial charge >= 0.3 is 0 Å². The highest BCUT2D eigenvalue weighted by Crippen LogP contribution is 2.39. The average molecular weight is 430 g/mol. The van der Waals surface area contributed by atoms with E-state index in [2.05, 4.69) is 24.3 Å². The van der Waals surface area contributed by atoms with Gasteiger partial charge in [0.05, 0.1) is 24.6 Å². The molecule has 0 aliphatic carbocycles. The first-order valence-corrected chi connectivity index (χ1v) is 10.9. The summed E-state index contributed by atoms with van der Waals surface area (Å²) < 4.78 is 19.2. The van der Waals surface area contributed by atoms with Gasteiger partial charge in [-0.2, -0.15) is 5.10 Å². The van der Waals surface area contributed by atoms with Gasteiger partial charge in [-0.25, -0.2) is 14.4 Å². The fourth-order valence-electron chi connectivity index (χ4n) is 3.75. The second-order valence-corrected chi connectivity index (χ2v) is 8.09. The lowest BCUT2D eigenvalue weighted by Crippen LogP contribution is -2.18. The van der Waals surface area contributed by atoms with Crippen LogP contribution in [0.3, 0.4) is 0 Å². The lowest BCUT2D eigenvalue weighted by molar-refractivity contribution is 0.386. The minimum Gasteiger partial charge on any atom is -0.494 e. The molecule has 0 fully saturated rings. The predicted molar refractivity (Wildman–Crippen MR) is 123 cm³/mol. The van der Waals surface area contributed by atoms with Crippen molar-refractivity contribution in [1.29, 1.82) is 0 Å². The van der Waals surface area contributed by atoms with Gasteiger partial charge in [-0.3, -0.25) is 0 Å². The summed E-state index contributed by atoms with van der Waals surface area (Å²) in [4.78, 5) is 4.79. The summed E-state index contributed by atoms with van der Waals surface area (Å²) in [6.07, 6.45) is 0.792. The smallest absolute Gasteiger partial charge is 0.207 e. The summed E-state index contributed by atoms with van der Waals surface area (Å²) in [6.45, 7) is 0. The molecule has 1 aliphatic rings. The fourth-order valence-corrected chi connectivity index (χ4v) is 4.59. The van der Waals surface area contributed by atoms with Gasteiger partial charge in [0.1, 0.15) is 0 Å². The Hall–Kier alpha value is -3.51. The van der Waals surface area contributed by atoms with Crippen LogP contribution in [0.25, 0.3) is 11.3 Å². The van der Waals surface area contributed by atoms with Crippen LogP contribution in [-0.4, -0.2) is 17.8 Å². The Labute approximate surface area is 184 Å². The summed E-state index contributed by atoms with van der Waals surface area (Å²) in [5, 5.41) is 9.66. The Balaban J connectivity index is 1.52. The highest BCUT2D eigenvalue weighted by Gasteiger charge is 2.31. The van der Waals surface area contributed by atoms with E-state index < -0.39 is 5.82 Å². The number of benzene rings is 3. The SMILES string of the molecule is COc1ccc(-c2csc(N3N=C(c4ccccc4)C[C@H]3c3ccccc3)n2)cc1F. The van der Waals surface area contributed by atoms with Crippen LogP contribution in [-0.2, 0) is 0 Å². The molecule has 0 saturated carbocycles. The molecule has 5 rings (SSSR count). The molecule has 31 heavy (non-hydrogen) atoms. The van der Waals surface area contributed by atoms with Crippen molar-refractivity contribution < 1.29 is 9.13 Å². The van der Waals surface area contributed by atoms with E-state index in [1.54, 1.807) is 6.07 Å². The third-order valence-corrected chi connectivity index (χ3v) is 6.17. The normalized spacial score (nSPS) is 15.7. The standard InChI is InChI=1S/C25H20FN3OS/c1-30-24-13-12-19(14-20(24)26)22-16-31-25(27-22)29-23(18-10-6-3-7-11-18)15-21(28-29)17-8-4-2-5-9-17/h2-14,16,23H,15H2,1H3/t23-/m0/s1. The third kappa shape index (κ3) is 3.82. The maximum absolute atomic E-state index is 14.2. The van der Waals surface area contributed by atoms with Crippen molar-refractivity contribution >= 4 is 22.2 Å². The molecule has 2 heterocycles. The number of methoxy groups -OCH3 is 1. The average Bonchev–Trinajstić information content (AvgIpc) is 3.48. The van der Waals surface area contributed by atoms with E-state index in [0.717, 1.165) is 28.5 Å². The molecule has 0 bridgehead atoms. The lowest BCUT2D eigenvalue weighted by atomic mass is 9.99. The van der Waals surface area contributed by atoms with Gasteiger partial charge in [0.2, 0.25) is 5.13 Å². The Morgan fingerprint density at radius 2 is 1.71 bits per heavy atom. The number of nitrogens with zero attached hydrogens (tertiary/aromatic N) is 3. The van der Waals surface area contributed by atoms with E-state index in [4.69, 9.17) is 14.8 Å². The molecule has 4 aromatic rings. The molecule has 1 atom stereocenters. The minimum absolute atomic E-state index is 0.0583. The third-order valence-electron chi connectivity index (χ3n) is 5.34. The van der Waals surface area contributed by atoms with E-state index >= 15 is 0 Å². The van der Waals surface area contributed by atoms with Crippen molar-refractivity contribution in [3.05, 3.63) is 101 Å². The highest BCUT2D eigenvalue weighted by atomic mass is 32.1. The van der Waals surface area contributed by atoms with Gasteiger partial charge < -0.3 is 4.74 Å². The molecule has 1 aromatic heterocycles. The van der Waals surface area contributed by atoms with Gasteiger partial charge in [-0.15, -0.1) is 11.3 Å². The maximum atomic E-state index is 14.2. The van der Waals surface area contributed by atoms with E-state index in [1.807, 2.05) is 52.9 Å². The van der Waals surface area contributed by atoms with Gasteiger partial charge in [0.15, 0.2) is 11.6 Å². The van der Waals surface area contributed by atoms with Crippen molar-refractivity contribution in [2.24, 2.45) is 5.10 Å². The molecule has 3 aromatic carbocycles. The highest BCUT2D eigenvalue weighted by molar-refractivity contribution is 7.14. The minimum atomic E-state index is -0.401. The molecule has 0 spiro atoms. The molecule has 1 aliphatic heterocycles. The maximum Gasteiger partial charge on any atom is 0.207 e. The Morgan fingerprint density at radius 1 is 0.968 bits per heavy atom. The van der Waals surface area contributed by atoms with Gasteiger partial charge in [-0.1, -0.05) is 60.7 Å². The van der Waals surface area contributed by atoms with E-state index in [9.17, 15) is 4.39 Å².